The molecule has 130 valence electrons. The summed E-state index contributed by atoms with van der Waals surface area (Å²) < 4.78 is 6.28. The molecule has 2 aromatic rings. The van der Waals surface area contributed by atoms with E-state index in [2.05, 4.69) is 19.8 Å². The number of esters is 1. The fourth-order valence-electron chi connectivity index (χ4n) is 2.63. The Bertz CT molecular complexity index is 741. The Kier molecular flexibility index (Phi) is 5.83. The van der Waals surface area contributed by atoms with Gasteiger partial charge in [0, 0.05) is 37.8 Å². The van der Waals surface area contributed by atoms with Crippen LogP contribution in [0.3, 0.4) is 0 Å². The SMILES string of the molecule is COC(=O)CCCN(C)C(=O)CCc1c(C)nc2ncnn2c1C. The van der Waals surface area contributed by atoms with Crippen molar-refractivity contribution in [2.24, 2.45) is 0 Å². The van der Waals surface area contributed by atoms with Gasteiger partial charge in [-0.3, -0.25) is 9.59 Å². The smallest absolute Gasteiger partial charge is 0.305 e. The van der Waals surface area contributed by atoms with E-state index in [-0.39, 0.29) is 11.9 Å². The van der Waals surface area contributed by atoms with Crippen LogP contribution in [0.25, 0.3) is 5.78 Å². The normalized spacial score (nSPS) is 10.8. The number of ether oxygens (including phenoxy) is 1. The van der Waals surface area contributed by atoms with Gasteiger partial charge in [0.25, 0.3) is 5.78 Å². The van der Waals surface area contributed by atoms with Crippen LogP contribution in [0.2, 0.25) is 0 Å². The summed E-state index contributed by atoms with van der Waals surface area (Å²) in [5.41, 5.74) is 2.84. The van der Waals surface area contributed by atoms with E-state index < -0.39 is 0 Å². The molecule has 0 aliphatic rings. The van der Waals surface area contributed by atoms with Gasteiger partial charge < -0.3 is 9.64 Å². The van der Waals surface area contributed by atoms with Crippen molar-refractivity contribution in [1.82, 2.24) is 24.5 Å². The predicted molar refractivity (Wildman–Crippen MR) is 87.5 cm³/mol. The van der Waals surface area contributed by atoms with E-state index in [0.29, 0.717) is 38.0 Å². The van der Waals surface area contributed by atoms with Gasteiger partial charge in [0.2, 0.25) is 5.91 Å². The molecule has 0 N–H and O–H groups in total. The van der Waals surface area contributed by atoms with E-state index in [9.17, 15) is 9.59 Å². The Morgan fingerprint density at radius 1 is 1.29 bits per heavy atom. The maximum atomic E-state index is 12.3. The van der Waals surface area contributed by atoms with Crippen molar-refractivity contribution >= 4 is 17.7 Å². The number of hydrogen-bond donors (Lipinski definition) is 0. The highest BCUT2D eigenvalue weighted by Crippen LogP contribution is 2.15. The molecule has 0 aliphatic carbocycles. The molecule has 2 aromatic heterocycles. The summed E-state index contributed by atoms with van der Waals surface area (Å²) in [6, 6.07) is 0. The zero-order valence-corrected chi connectivity index (χ0v) is 14.6. The van der Waals surface area contributed by atoms with Crippen molar-refractivity contribution < 1.29 is 14.3 Å². The van der Waals surface area contributed by atoms with E-state index in [0.717, 1.165) is 17.0 Å². The van der Waals surface area contributed by atoms with Crippen LogP contribution in [0.15, 0.2) is 6.33 Å². The monoisotopic (exact) mass is 333 g/mol. The van der Waals surface area contributed by atoms with Gasteiger partial charge in [-0.1, -0.05) is 0 Å². The third-order valence-corrected chi connectivity index (χ3v) is 4.11. The van der Waals surface area contributed by atoms with Gasteiger partial charge in [0.1, 0.15) is 6.33 Å². The molecule has 0 bridgehead atoms. The van der Waals surface area contributed by atoms with Crippen molar-refractivity contribution in [3.05, 3.63) is 23.3 Å². The number of methoxy groups -OCH3 is 1. The quantitative estimate of drug-likeness (QED) is 0.705. The molecule has 0 aromatic carbocycles. The van der Waals surface area contributed by atoms with E-state index in [4.69, 9.17) is 0 Å². The molecule has 24 heavy (non-hydrogen) atoms. The molecule has 0 unspecified atom stereocenters. The summed E-state index contributed by atoms with van der Waals surface area (Å²) in [6.45, 7) is 4.41. The third kappa shape index (κ3) is 4.06. The lowest BCUT2D eigenvalue weighted by molar-refractivity contribution is -0.141. The Hall–Kier alpha value is -2.51. The van der Waals surface area contributed by atoms with Crippen LogP contribution in [0, 0.1) is 13.8 Å². The molecule has 0 radical (unpaired) electrons. The molecule has 0 atom stereocenters. The molecule has 1 amide bonds. The average molecular weight is 333 g/mol. The molecule has 0 aliphatic heterocycles. The Balaban J connectivity index is 1.93. The average Bonchev–Trinajstić information content (AvgIpc) is 3.02. The van der Waals surface area contributed by atoms with Crippen LogP contribution < -0.4 is 0 Å². The van der Waals surface area contributed by atoms with E-state index in [1.807, 2.05) is 13.8 Å². The van der Waals surface area contributed by atoms with Crippen LogP contribution in [0.5, 0.6) is 0 Å². The van der Waals surface area contributed by atoms with Gasteiger partial charge in [0.15, 0.2) is 0 Å². The molecule has 2 heterocycles. The summed E-state index contributed by atoms with van der Waals surface area (Å²) in [4.78, 5) is 33.5. The topological polar surface area (TPSA) is 89.7 Å². The summed E-state index contributed by atoms with van der Waals surface area (Å²) in [6.07, 6.45) is 3.37. The number of aromatic nitrogens is 4. The van der Waals surface area contributed by atoms with Crippen molar-refractivity contribution in [3.63, 3.8) is 0 Å². The molecule has 8 heteroatoms. The van der Waals surface area contributed by atoms with Crippen LogP contribution >= 0.6 is 0 Å². The Morgan fingerprint density at radius 3 is 2.75 bits per heavy atom. The number of hydrogen-bond acceptors (Lipinski definition) is 6. The van der Waals surface area contributed by atoms with Gasteiger partial charge in [0.05, 0.1) is 7.11 Å². The molecule has 2 rings (SSSR count). The van der Waals surface area contributed by atoms with Gasteiger partial charge in [-0.05, 0) is 32.3 Å². The highest BCUT2D eigenvalue weighted by molar-refractivity contribution is 5.76. The lowest BCUT2D eigenvalue weighted by atomic mass is 10.1. The highest BCUT2D eigenvalue weighted by Gasteiger charge is 2.14. The summed E-state index contributed by atoms with van der Waals surface area (Å²) in [7, 11) is 3.11. The van der Waals surface area contributed by atoms with Gasteiger partial charge in [-0.25, -0.2) is 9.50 Å². The van der Waals surface area contributed by atoms with Gasteiger partial charge in [-0.2, -0.15) is 10.1 Å². The zero-order valence-electron chi connectivity index (χ0n) is 14.6. The number of nitrogens with zero attached hydrogens (tertiary/aromatic N) is 5. The third-order valence-electron chi connectivity index (χ3n) is 4.11. The van der Waals surface area contributed by atoms with Crippen molar-refractivity contribution in [1.29, 1.82) is 0 Å². The van der Waals surface area contributed by atoms with E-state index in [1.165, 1.54) is 13.4 Å². The second-order valence-corrected chi connectivity index (χ2v) is 5.73. The Morgan fingerprint density at radius 2 is 2.04 bits per heavy atom. The minimum atomic E-state index is -0.255. The molecule has 0 saturated carbocycles. The molecular formula is C16H23N5O3. The first-order chi connectivity index (χ1) is 11.4. The molecule has 0 saturated heterocycles. The highest BCUT2D eigenvalue weighted by atomic mass is 16.5. The second kappa shape index (κ2) is 7.85. The molecule has 0 spiro atoms. The van der Waals surface area contributed by atoms with Crippen molar-refractivity contribution in [3.8, 4) is 0 Å². The zero-order chi connectivity index (χ0) is 17.7. The Labute approximate surface area is 140 Å². The van der Waals surface area contributed by atoms with Crippen LogP contribution in [-0.2, 0) is 20.7 Å². The number of carbonyl (C=O) groups excluding carboxylic acids is 2. The number of aryl methyl sites for hydroxylation is 2. The number of fused-ring (bicyclic) bond motifs is 1. The number of amides is 1. The largest absolute Gasteiger partial charge is 0.469 e. The number of rotatable bonds is 7. The molecule has 8 nitrogen and oxygen atoms in total. The second-order valence-electron chi connectivity index (χ2n) is 5.73. The van der Waals surface area contributed by atoms with Crippen molar-refractivity contribution in [2.75, 3.05) is 20.7 Å². The van der Waals surface area contributed by atoms with Crippen LogP contribution in [0.4, 0.5) is 0 Å². The lowest BCUT2D eigenvalue weighted by Gasteiger charge is -2.17. The number of carbonyl (C=O) groups is 2. The minimum absolute atomic E-state index is 0.0392. The maximum absolute atomic E-state index is 12.3. The standard InChI is InChI=1S/C16H23N5O3/c1-11-13(12(2)21-16(19-11)17-10-18-21)7-8-14(22)20(3)9-5-6-15(23)24-4/h10H,5-9H2,1-4H3. The summed E-state index contributed by atoms with van der Waals surface area (Å²) in [5.74, 6) is 0.353. The summed E-state index contributed by atoms with van der Waals surface area (Å²) in [5, 5.41) is 4.15. The predicted octanol–water partition coefficient (Wildman–Crippen LogP) is 1.09. The first-order valence-electron chi connectivity index (χ1n) is 7.90. The minimum Gasteiger partial charge on any atom is -0.469 e. The summed E-state index contributed by atoms with van der Waals surface area (Å²) >= 11 is 0. The van der Waals surface area contributed by atoms with E-state index >= 15 is 0 Å². The fraction of sp³-hybridized carbons (Fsp3) is 0.562. The first-order valence-corrected chi connectivity index (χ1v) is 7.90. The lowest BCUT2D eigenvalue weighted by Crippen LogP contribution is -2.28. The van der Waals surface area contributed by atoms with Gasteiger partial charge in [-0.15, -0.1) is 0 Å². The molecule has 0 fully saturated rings. The first kappa shape index (κ1) is 17.8. The van der Waals surface area contributed by atoms with Gasteiger partial charge >= 0.3 is 5.97 Å². The fourth-order valence-corrected chi connectivity index (χ4v) is 2.63. The van der Waals surface area contributed by atoms with Crippen LogP contribution in [-0.4, -0.2) is 57.1 Å². The molecular weight excluding hydrogens is 310 g/mol. The van der Waals surface area contributed by atoms with E-state index in [1.54, 1.807) is 16.5 Å². The van der Waals surface area contributed by atoms with Crippen LogP contribution in [0.1, 0.15) is 36.2 Å². The maximum Gasteiger partial charge on any atom is 0.305 e. The van der Waals surface area contributed by atoms with Crippen molar-refractivity contribution in [2.45, 2.75) is 39.5 Å².